The first-order chi connectivity index (χ1) is 14.0. The second-order valence-electron chi connectivity index (χ2n) is 8.64. The summed E-state index contributed by atoms with van der Waals surface area (Å²) >= 11 is 0. The summed E-state index contributed by atoms with van der Waals surface area (Å²) in [5.41, 5.74) is 7.21. The Labute approximate surface area is 171 Å². The molecule has 1 aromatic heterocycles. The van der Waals surface area contributed by atoms with E-state index in [-0.39, 0.29) is 5.63 Å². The Balaban J connectivity index is 1.57. The molecule has 0 saturated carbocycles. The minimum Gasteiger partial charge on any atom is -0.472 e. The Bertz CT molecular complexity index is 1140. The van der Waals surface area contributed by atoms with Gasteiger partial charge in [-0.1, -0.05) is 26.0 Å². The number of anilines is 1. The van der Waals surface area contributed by atoms with Crippen molar-refractivity contribution in [3.05, 3.63) is 68.6 Å². The standard InChI is InChI=1S/C25H27NO3/c1-15(2)17-8-10-19(11-9-17)26-13-18-12-22-20-6-4-5-7-21(20)25(27)29-24(22)16(3)23(18)28-14-26/h8-12,15H,4-7,13-14H2,1-3H3. The molecule has 0 N–H and O–H groups in total. The van der Waals surface area contributed by atoms with Gasteiger partial charge in [-0.15, -0.1) is 0 Å². The second-order valence-corrected chi connectivity index (χ2v) is 8.64. The average molecular weight is 389 g/mol. The van der Waals surface area contributed by atoms with Gasteiger partial charge in [0.1, 0.15) is 11.3 Å². The number of nitrogens with zero attached hydrogens (tertiary/aromatic N) is 1. The lowest BCUT2D eigenvalue weighted by atomic mass is 9.89. The van der Waals surface area contributed by atoms with Gasteiger partial charge >= 0.3 is 5.63 Å². The number of fused-ring (bicyclic) bond motifs is 4. The maximum Gasteiger partial charge on any atom is 0.339 e. The van der Waals surface area contributed by atoms with Crippen molar-refractivity contribution in [2.45, 2.75) is 58.9 Å². The molecular formula is C25H27NO3. The molecule has 4 nitrogen and oxygen atoms in total. The summed E-state index contributed by atoms with van der Waals surface area (Å²) in [7, 11) is 0. The summed E-state index contributed by atoms with van der Waals surface area (Å²) in [5, 5.41) is 1.09. The molecular weight excluding hydrogens is 362 g/mol. The molecule has 0 amide bonds. The number of hydrogen-bond acceptors (Lipinski definition) is 4. The van der Waals surface area contributed by atoms with Crippen molar-refractivity contribution in [3.63, 3.8) is 0 Å². The molecule has 2 heterocycles. The van der Waals surface area contributed by atoms with Crippen LogP contribution in [0.1, 0.15) is 60.4 Å². The van der Waals surface area contributed by atoms with E-state index in [0.717, 1.165) is 60.1 Å². The summed E-state index contributed by atoms with van der Waals surface area (Å²) in [6, 6.07) is 11.0. The van der Waals surface area contributed by atoms with Crippen LogP contribution in [0.3, 0.4) is 0 Å². The van der Waals surface area contributed by atoms with Gasteiger partial charge < -0.3 is 14.1 Å². The number of benzene rings is 2. The van der Waals surface area contributed by atoms with Crippen LogP contribution in [0.25, 0.3) is 11.0 Å². The van der Waals surface area contributed by atoms with E-state index < -0.39 is 0 Å². The molecule has 2 aromatic carbocycles. The molecule has 1 aliphatic carbocycles. The van der Waals surface area contributed by atoms with Gasteiger partial charge in [0, 0.05) is 34.3 Å². The lowest BCUT2D eigenvalue weighted by Crippen LogP contribution is -2.32. The molecule has 1 aliphatic heterocycles. The van der Waals surface area contributed by atoms with E-state index in [1.54, 1.807) is 0 Å². The molecule has 4 heteroatoms. The molecule has 3 aromatic rings. The van der Waals surface area contributed by atoms with Crippen LogP contribution in [0.15, 0.2) is 39.5 Å². The number of aryl methyl sites for hydroxylation is 2. The molecule has 0 saturated heterocycles. The highest BCUT2D eigenvalue weighted by Gasteiger charge is 2.25. The molecule has 0 atom stereocenters. The first kappa shape index (κ1) is 18.3. The number of hydrogen-bond donors (Lipinski definition) is 0. The van der Waals surface area contributed by atoms with Gasteiger partial charge in [-0.3, -0.25) is 0 Å². The molecule has 5 rings (SSSR count). The maximum absolute atomic E-state index is 12.5. The van der Waals surface area contributed by atoms with Gasteiger partial charge in [0.25, 0.3) is 0 Å². The van der Waals surface area contributed by atoms with Gasteiger partial charge in [0.15, 0.2) is 6.73 Å². The first-order valence-electron chi connectivity index (χ1n) is 10.6. The third kappa shape index (κ3) is 3.02. The van der Waals surface area contributed by atoms with Gasteiger partial charge in [-0.2, -0.15) is 0 Å². The van der Waals surface area contributed by atoms with Crippen molar-refractivity contribution in [1.29, 1.82) is 0 Å². The van der Waals surface area contributed by atoms with E-state index >= 15 is 0 Å². The van der Waals surface area contributed by atoms with E-state index in [0.29, 0.717) is 18.2 Å². The molecule has 29 heavy (non-hydrogen) atoms. The van der Waals surface area contributed by atoms with Crippen LogP contribution < -0.4 is 15.3 Å². The minimum absolute atomic E-state index is 0.169. The summed E-state index contributed by atoms with van der Waals surface area (Å²) in [6.07, 6.45) is 3.98. The SMILES string of the molecule is Cc1c2c(cc3c4c(c(=O)oc13)CCCC4)CN(c1ccc(C(C)C)cc1)CO2. The Kier molecular flexibility index (Phi) is 4.38. The Morgan fingerprint density at radius 2 is 1.76 bits per heavy atom. The predicted octanol–water partition coefficient (Wildman–Crippen LogP) is 5.46. The molecule has 150 valence electrons. The fraction of sp³-hybridized carbons (Fsp3) is 0.400. The number of rotatable bonds is 2. The molecule has 0 bridgehead atoms. The van der Waals surface area contributed by atoms with Crippen molar-refractivity contribution in [2.75, 3.05) is 11.6 Å². The van der Waals surface area contributed by atoms with Crippen molar-refractivity contribution in [1.82, 2.24) is 0 Å². The van der Waals surface area contributed by atoms with Crippen LogP contribution in [0.4, 0.5) is 5.69 Å². The summed E-state index contributed by atoms with van der Waals surface area (Å²) in [6.45, 7) is 7.72. The van der Waals surface area contributed by atoms with Gasteiger partial charge in [-0.25, -0.2) is 4.79 Å². The lowest BCUT2D eigenvalue weighted by molar-refractivity contribution is 0.287. The minimum atomic E-state index is -0.169. The highest BCUT2D eigenvalue weighted by atomic mass is 16.5. The van der Waals surface area contributed by atoms with Crippen LogP contribution in [0.2, 0.25) is 0 Å². The summed E-state index contributed by atoms with van der Waals surface area (Å²) < 4.78 is 11.9. The van der Waals surface area contributed by atoms with E-state index in [1.165, 1.54) is 16.8 Å². The van der Waals surface area contributed by atoms with E-state index in [4.69, 9.17) is 9.15 Å². The quantitative estimate of drug-likeness (QED) is 0.546. The van der Waals surface area contributed by atoms with Crippen LogP contribution in [0, 0.1) is 6.92 Å². The predicted molar refractivity (Wildman–Crippen MR) is 116 cm³/mol. The summed E-state index contributed by atoms with van der Waals surface area (Å²) in [5.74, 6) is 1.39. The van der Waals surface area contributed by atoms with Gasteiger partial charge in [0.05, 0.1) is 0 Å². The average Bonchev–Trinajstić information content (AvgIpc) is 2.75. The van der Waals surface area contributed by atoms with E-state index in [9.17, 15) is 4.79 Å². The highest BCUT2D eigenvalue weighted by Crippen LogP contribution is 2.38. The topological polar surface area (TPSA) is 42.7 Å². The highest BCUT2D eigenvalue weighted by molar-refractivity contribution is 5.87. The van der Waals surface area contributed by atoms with Crippen molar-refractivity contribution < 1.29 is 9.15 Å². The number of ether oxygens (including phenoxy) is 1. The van der Waals surface area contributed by atoms with Crippen LogP contribution in [-0.4, -0.2) is 6.73 Å². The molecule has 0 spiro atoms. The zero-order valence-corrected chi connectivity index (χ0v) is 17.4. The van der Waals surface area contributed by atoms with Crippen LogP contribution in [-0.2, 0) is 19.4 Å². The Morgan fingerprint density at radius 3 is 2.48 bits per heavy atom. The molecule has 0 radical (unpaired) electrons. The smallest absolute Gasteiger partial charge is 0.339 e. The third-order valence-corrected chi connectivity index (χ3v) is 6.42. The van der Waals surface area contributed by atoms with E-state index in [2.05, 4.69) is 49.1 Å². The largest absolute Gasteiger partial charge is 0.472 e. The van der Waals surface area contributed by atoms with Crippen LogP contribution >= 0.6 is 0 Å². The first-order valence-corrected chi connectivity index (χ1v) is 10.6. The van der Waals surface area contributed by atoms with Crippen molar-refractivity contribution in [2.24, 2.45) is 0 Å². The Hall–Kier alpha value is -2.75. The van der Waals surface area contributed by atoms with Crippen LogP contribution in [0.5, 0.6) is 5.75 Å². The zero-order valence-electron chi connectivity index (χ0n) is 17.4. The fourth-order valence-electron chi connectivity index (χ4n) is 4.74. The van der Waals surface area contributed by atoms with Gasteiger partial charge in [0.2, 0.25) is 0 Å². The van der Waals surface area contributed by atoms with Crippen molar-refractivity contribution in [3.8, 4) is 5.75 Å². The van der Waals surface area contributed by atoms with E-state index in [1.807, 2.05) is 6.92 Å². The monoisotopic (exact) mass is 389 g/mol. The zero-order chi connectivity index (χ0) is 20.1. The molecule has 0 unspecified atom stereocenters. The fourth-order valence-corrected chi connectivity index (χ4v) is 4.74. The maximum atomic E-state index is 12.5. The Morgan fingerprint density at radius 1 is 1.03 bits per heavy atom. The normalized spacial score (nSPS) is 15.9. The second kappa shape index (κ2) is 6.94. The summed E-state index contributed by atoms with van der Waals surface area (Å²) in [4.78, 5) is 14.7. The van der Waals surface area contributed by atoms with Gasteiger partial charge in [-0.05, 0) is 67.9 Å². The lowest BCUT2D eigenvalue weighted by Gasteiger charge is -2.32. The molecule has 0 fully saturated rings. The molecule has 2 aliphatic rings. The van der Waals surface area contributed by atoms with Crippen molar-refractivity contribution >= 4 is 16.7 Å². The third-order valence-electron chi connectivity index (χ3n) is 6.42.